The SMILES string of the molecule is NC(=O)COc1ccc(NC(=O)C2=Cc3cc(Cl)ccc3OC2)cc1. The summed E-state index contributed by atoms with van der Waals surface area (Å²) in [6.07, 6.45) is 1.75. The van der Waals surface area contributed by atoms with Gasteiger partial charge in [-0.05, 0) is 48.5 Å². The first kappa shape index (κ1) is 16.9. The molecule has 6 nitrogen and oxygen atoms in total. The Morgan fingerprint density at radius 1 is 1.20 bits per heavy atom. The Hall–Kier alpha value is -2.99. The number of fused-ring (bicyclic) bond motifs is 1. The third-order valence-corrected chi connectivity index (χ3v) is 3.70. The quantitative estimate of drug-likeness (QED) is 0.859. The van der Waals surface area contributed by atoms with Gasteiger partial charge in [0.2, 0.25) is 0 Å². The van der Waals surface area contributed by atoms with Crippen LogP contribution in [0.5, 0.6) is 11.5 Å². The molecule has 1 heterocycles. The fourth-order valence-electron chi connectivity index (χ4n) is 2.28. The number of hydrogen-bond acceptors (Lipinski definition) is 4. The van der Waals surface area contributed by atoms with Gasteiger partial charge < -0.3 is 20.5 Å². The number of hydrogen-bond donors (Lipinski definition) is 2. The number of primary amides is 1. The highest BCUT2D eigenvalue weighted by Crippen LogP contribution is 2.29. The zero-order valence-electron chi connectivity index (χ0n) is 13.1. The van der Waals surface area contributed by atoms with E-state index in [1.807, 2.05) is 0 Å². The van der Waals surface area contributed by atoms with Crippen LogP contribution in [0.25, 0.3) is 6.08 Å². The van der Waals surface area contributed by atoms with Gasteiger partial charge in [0.25, 0.3) is 11.8 Å². The van der Waals surface area contributed by atoms with Crippen molar-refractivity contribution in [2.75, 3.05) is 18.5 Å². The van der Waals surface area contributed by atoms with E-state index < -0.39 is 5.91 Å². The molecular weight excluding hydrogens is 344 g/mol. The molecule has 128 valence electrons. The Morgan fingerprint density at radius 3 is 2.68 bits per heavy atom. The predicted molar refractivity (Wildman–Crippen MR) is 94.7 cm³/mol. The first-order valence-electron chi connectivity index (χ1n) is 7.47. The van der Waals surface area contributed by atoms with Gasteiger partial charge in [-0.3, -0.25) is 9.59 Å². The maximum Gasteiger partial charge on any atom is 0.255 e. The second-order valence-corrected chi connectivity index (χ2v) is 5.81. The maximum atomic E-state index is 12.4. The lowest BCUT2D eigenvalue weighted by Gasteiger charge is -2.18. The fraction of sp³-hybridized carbons (Fsp3) is 0.111. The first-order valence-corrected chi connectivity index (χ1v) is 7.84. The van der Waals surface area contributed by atoms with Crippen molar-refractivity contribution in [3.8, 4) is 11.5 Å². The summed E-state index contributed by atoms with van der Waals surface area (Å²) in [6, 6.07) is 11.9. The average molecular weight is 359 g/mol. The molecule has 0 bridgehead atoms. The van der Waals surface area contributed by atoms with Crippen LogP contribution in [0.2, 0.25) is 5.02 Å². The van der Waals surface area contributed by atoms with E-state index in [1.54, 1.807) is 48.5 Å². The largest absolute Gasteiger partial charge is 0.488 e. The molecule has 3 rings (SSSR count). The van der Waals surface area contributed by atoms with Gasteiger partial charge in [0.05, 0.1) is 5.57 Å². The van der Waals surface area contributed by atoms with Crippen LogP contribution in [0.15, 0.2) is 48.0 Å². The summed E-state index contributed by atoms with van der Waals surface area (Å²) in [5, 5.41) is 3.36. The standard InChI is InChI=1S/C18H15ClN2O4/c19-13-1-6-16-11(8-13)7-12(9-25-16)18(23)21-14-2-4-15(5-3-14)24-10-17(20)22/h1-8H,9-10H2,(H2,20,22)(H,21,23). The van der Waals surface area contributed by atoms with Gasteiger partial charge in [0.1, 0.15) is 18.1 Å². The maximum absolute atomic E-state index is 12.4. The molecule has 0 radical (unpaired) electrons. The van der Waals surface area contributed by atoms with Crippen LogP contribution < -0.4 is 20.5 Å². The summed E-state index contributed by atoms with van der Waals surface area (Å²) in [6.45, 7) is -0.0157. The van der Waals surface area contributed by atoms with Crippen LogP contribution in [0.1, 0.15) is 5.56 Å². The van der Waals surface area contributed by atoms with Crippen molar-refractivity contribution in [2.45, 2.75) is 0 Å². The smallest absolute Gasteiger partial charge is 0.255 e. The summed E-state index contributed by atoms with van der Waals surface area (Å²) in [5.74, 6) is 0.357. The monoisotopic (exact) mass is 358 g/mol. The number of anilines is 1. The Bertz CT molecular complexity index is 847. The van der Waals surface area contributed by atoms with Crippen molar-refractivity contribution in [2.24, 2.45) is 5.73 Å². The Labute approximate surface area is 149 Å². The number of carbonyl (C=O) groups excluding carboxylic acids is 2. The Kier molecular flexibility index (Phi) is 4.90. The van der Waals surface area contributed by atoms with Gasteiger partial charge in [0, 0.05) is 16.3 Å². The van der Waals surface area contributed by atoms with Crippen LogP contribution in [0, 0.1) is 0 Å². The number of nitrogens with one attached hydrogen (secondary N) is 1. The van der Waals surface area contributed by atoms with Crippen LogP contribution in [-0.4, -0.2) is 25.0 Å². The lowest BCUT2D eigenvalue weighted by Crippen LogP contribution is -2.21. The molecule has 7 heteroatoms. The van der Waals surface area contributed by atoms with Crippen LogP contribution >= 0.6 is 11.6 Å². The topological polar surface area (TPSA) is 90.7 Å². The Balaban J connectivity index is 1.67. The van der Waals surface area contributed by atoms with Gasteiger partial charge in [-0.25, -0.2) is 0 Å². The number of amides is 2. The molecule has 0 saturated heterocycles. The molecule has 2 aromatic rings. The van der Waals surface area contributed by atoms with Gasteiger partial charge in [-0.15, -0.1) is 0 Å². The Morgan fingerprint density at radius 2 is 1.96 bits per heavy atom. The van der Waals surface area contributed by atoms with Crippen LogP contribution in [0.3, 0.4) is 0 Å². The van der Waals surface area contributed by atoms with E-state index in [-0.39, 0.29) is 19.1 Å². The van der Waals surface area contributed by atoms with Crippen molar-refractivity contribution in [3.05, 3.63) is 58.6 Å². The number of rotatable bonds is 5. The number of halogens is 1. The third-order valence-electron chi connectivity index (χ3n) is 3.47. The molecule has 1 aliphatic rings. The number of carbonyl (C=O) groups is 2. The zero-order chi connectivity index (χ0) is 17.8. The van der Waals surface area contributed by atoms with E-state index in [2.05, 4.69) is 5.32 Å². The minimum absolute atomic E-state index is 0.181. The summed E-state index contributed by atoms with van der Waals surface area (Å²) >= 11 is 5.97. The van der Waals surface area contributed by atoms with Gasteiger partial charge in [-0.1, -0.05) is 11.6 Å². The molecule has 3 N–H and O–H groups in total. The highest BCUT2D eigenvalue weighted by Gasteiger charge is 2.17. The van der Waals surface area contributed by atoms with E-state index in [4.69, 9.17) is 26.8 Å². The molecule has 0 aromatic heterocycles. The van der Waals surface area contributed by atoms with Gasteiger partial charge >= 0.3 is 0 Å². The summed E-state index contributed by atoms with van der Waals surface area (Å²) in [4.78, 5) is 23.1. The third kappa shape index (κ3) is 4.30. The zero-order valence-corrected chi connectivity index (χ0v) is 13.9. The molecule has 0 spiro atoms. The van der Waals surface area contributed by atoms with Gasteiger partial charge in [0.15, 0.2) is 6.61 Å². The fourth-order valence-corrected chi connectivity index (χ4v) is 2.46. The van der Waals surface area contributed by atoms with Crippen LogP contribution in [0.4, 0.5) is 5.69 Å². The molecule has 2 amide bonds. The highest BCUT2D eigenvalue weighted by atomic mass is 35.5. The molecule has 0 unspecified atom stereocenters. The molecular formula is C18H15ClN2O4. The molecule has 25 heavy (non-hydrogen) atoms. The summed E-state index contributed by atoms with van der Waals surface area (Å²) < 4.78 is 10.7. The summed E-state index contributed by atoms with van der Waals surface area (Å²) in [5.41, 5.74) is 6.86. The van der Waals surface area contributed by atoms with Crippen molar-refractivity contribution in [1.82, 2.24) is 0 Å². The molecule has 0 saturated carbocycles. The number of benzene rings is 2. The van der Waals surface area contributed by atoms with E-state index in [0.717, 1.165) is 5.56 Å². The minimum Gasteiger partial charge on any atom is -0.488 e. The molecule has 0 fully saturated rings. The van der Waals surface area contributed by atoms with Crippen molar-refractivity contribution < 1.29 is 19.1 Å². The normalized spacial score (nSPS) is 12.4. The predicted octanol–water partition coefficient (Wildman–Crippen LogP) is 2.62. The average Bonchev–Trinajstić information content (AvgIpc) is 2.60. The van der Waals surface area contributed by atoms with Crippen LogP contribution in [-0.2, 0) is 9.59 Å². The summed E-state index contributed by atoms with van der Waals surface area (Å²) in [7, 11) is 0. The van der Waals surface area contributed by atoms with Gasteiger partial charge in [-0.2, -0.15) is 0 Å². The lowest BCUT2D eigenvalue weighted by atomic mass is 10.1. The van der Waals surface area contributed by atoms with E-state index in [9.17, 15) is 9.59 Å². The molecule has 0 atom stereocenters. The number of nitrogens with two attached hydrogens (primary N) is 1. The minimum atomic E-state index is -0.554. The van der Waals surface area contributed by atoms with E-state index >= 15 is 0 Å². The second kappa shape index (κ2) is 7.27. The van der Waals surface area contributed by atoms with Crippen molar-refractivity contribution in [1.29, 1.82) is 0 Å². The number of ether oxygens (including phenoxy) is 2. The molecule has 0 aliphatic carbocycles. The first-order chi connectivity index (χ1) is 12.0. The highest BCUT2D eigenvalue weighted by molar-refractivity contribution is 6.30. The van der Waals surface area contributed by atoms with E-state index in [1.165, 1.54) is 0 Å². The second-order valence-electron chi connectivity index (χ2n) is 5.37. The van der Waals surface area contributed by atoms with Crippen molar-refractivity contribution >= 4 is 35.2 Å². The van der Waals surface area contributed by atoms with Crippen molar-refractivity contribution in [3.63, 3.8) is 0 Å². The lowest BCUT2D eigenvalue weighted by molar-refractivity contribution is -0.120. The van der Waals surface area contributed by atoms with E-state index in [0.29, 0.717) is 27.8 Å². The molecule has 1 aliphatic heterocycles. The molecule has 2 aromatic carbocycles.